The monoisotopic (exact) mass is 373 g/mol. The number of rotatable bonds is 5. The van der Waals surface area contributed by atoms with Crippen LogP contribution in [0.2, 0.25) is 5.02 Å². The van der Waals surface area contributed by atoms with Crippen LogP contribution >= 0.6 is 11.6 Å². The van der Waals surface area contributed by atoms with Crippen LogP contribution in [0.1, 0.15) is 37.4 Å². The number of esters is 1. The van der Waals surface area contributed by atoms with Gasteiger partial charge in [-0.25, -0.2) is 9.97 Å². The Labute approximate surface area is 156 Å². The summed E-state index contributed by atoms with van der Waals surface area (Å²) in [5.74, 6) is 0.477. The van der Waals surface area contributed by atoms with Crippen molar-refractivity contribution in [2.75, 3.05) is 7.11 Å². The van der Waals surface area contributed by atoms with E-state index in [2.05, 4.69) is 15.3 Å². The first-order valence-corrected chi connectivity index (χ1v) is 9.14. The summed E-state index contributed by atoms with van der Waals surface area (Å²) in [7, 11) is 1.40. The quantitative estimate of drug-likeness (QED) is 0.810. The van der Waals surface area contributed by atoms with Crippen LogP contribution < -0.4 is 10.1 Å². The third-order valence-electron chi connectivity index (χ3n) is 4.72. The van der Waals surface area contributed by atoms with Crippen molar-refractivity contribution in [3.8, 4) is 17.0 Å². The number of nitrogens with zero attached hydrogens (tertiary/aromatic N) is 2. The molecule has 0 amide bonds. The first kappa shape index (κ1) is 17.2. The number of hydrogen-bond acceptors (Lipinski definition) is 6. The standard InChI is InChI=1S/C19H20ClN3O3/c1-25-19(24)15-6-5-14(23-15)17-9-16(21-10-22-17)11-2-7-18(13(20)8-11)26-12-3-4-12/h2,7-10,12,14-15,23H,3-6H2,1H3. The number of carbonyl (C=O) groups excluding carboxylic acids is 1. The lowest BCUT2D eigenvalue weighted by Crippen LogP contribution is -2.33. The molecule has 1 N–H and O–H groups in total. The van der Waals surface area contributed by atoms with Crippen molar-refractivity contribution in [1.82, 2.24) is 15.3 Å². The van der Waals surface area contributed by atoms with Crippen LogP contribution in [0.15, 0.2) is 30.6 Å². The maximum atomic E-state index is 11.7. The van der Waals surface area contributed by atoms with Crippen LogP contribution in [0.5, 0.6) is 5.75 Å². The molecule has 136 valence electrons. The molecule has 7 heteroatoms. The van der Waals surface area contributed by atoms with Gasteiger partial charge in [0.2, 0.25) is 0 Å². The van der Waals surface area contributed by atoms with E-state index in [0.717, 1.165) is 42.6 Å². The Bertz CT molecular complexity index is 825. The van der Waals surface area contributed by atoms with Gasteiger partial charge in [0.25, 0.3) is 0 Å². The SMILES string of the molecule is COC(=O)C1CCC(c2cc(-c3ccc(OC4CC4)c(Cl)c3)ncn2)N1. The highest BCUT2D eigenvalue weighted by Gasteiger charge is 2.31. The van der Waals surface area contributed by atoms with Crippen LogP contribution in [0.3, 0.4) is 0 Å². The lowest BCUT2D eigenvalue weighted by atomic mass is 10.1. The summed E-state index contributed by atoms with van der Waals surface area (Å²) >= 11 is 6.36. The molecule has 2 unspecified atom stereocenters. The zero-order valence-electron chi connectivity index (χ0n) is 14.4. The number of hydrogen-bond donors (Lipinski definition) is 1. The lowest BCUT2D eigenvalue weighted by Gasteiger charge is -2.13. The highest BCUT2D eigenvalue weighted by molar-refractivity contribution is 6.32. The third kappa shape index (κ3) is 3.66. The topological polar surface area (TPSA) is 73.3 Å². The molecule has 1 aliphatic carbocycles. The number of methoxy groups -OCH3 is 1. The second kappa shape index (κ2) is 7.21. The molecule has 0 radical (unpaired) electrons. The van der Waals surface area contributed by atoms with Crippen LogP contribution in [-0.2, 0) is 9.53 Å². The first-order chi connectivity index (χ1) is 12.6. The van der Waals surface area contributed by atoms with Gasteiger partial charge in [-0.1, -0.05) is 11.6 Å². The van der Waals surface area contributed by atoms with E-state index in [1.807, 2.05) is 24.3 Å². The van der Waals surface area contributed by atoms with E-state index in [9.17, 15) is 4.79 Å². The minimum Gasteiger partial charge on any atom is -0.489 e. The summed E-state index contributed by atoms with van der Waals surface area (Å²) in [5.41, 5.74) is 2.55. The highest BCUT2D eigenvalue weighted by atomic mass is 35.5. The second-order valence-corrected chi connectivity index (χ2v) is 7.07. The molecule has 2 heterocycles. The second-order valence-electron chi connectivity index (χ2n) is 6.66. The molecule has 0 spiro atoms. The van der Waals surface area contributed by atoms with Gasteiger partial charge in [0.15, 0.2) is 0 Å². The maximum absolute atomic E-state index is 11.7. The van der Waals surface area contributed by atoms with Crippen LogP contribution in [-0.4, -0.2) is 35.2 Å². The number of carbonyl (C=O) groups is 1. The Morgan fingerprint density at radius 2 is 2.04 bits per heavy atom. The lowest BCUT2D eigenvalue weighted by molar-refractivity contribution is -0.142. The number of benzene rings is 1. The van der Waals surface area contributed by atoms with E-state index < -0.39 is 0 Å². The van der Waals surface area contributed by atoms with Gasteiger partial charge in [-0.3, -0.25) is 10.1 Å². The summed E-state index contributed by atoms with van der Waals surface area (Å²) < 4.78 is 10.6. The van der Waals surface area contributed by atoms with E-state index >= 15 is 0 Å². The molecular formula is C19H20ClN3O3. The molecule has 1 aromatic heterocycles. The molecule has 2 atom stereocenters. The Balaban J connectivity index is 1.52. The van der Waals surface area contributed by atoms with E-state index in [0.29, 0.717) is 16.9 Å². The molecule has 1 aromatic carbocycles. The molecule has 0 bridgehead atoms. The average Bonchev–Trinajstić information content (AvgIpc) is 3.35. The van der Waals surface area contributed by atoms with Crippen molar-refractivity contribution in [3.63, 3.8) is 0 Å². The molecule has 1 aliphatic heterocycles. The van der Waals surface area contributed by atoms with Gasteiger partial charge in [0.05, 0.1) is 35.7 Å². The van der Waals surface area contributed by atoms with E-state index in [-0.39, 0.29) is 18.1 Å². The Morgan fingerprint density at radius 3 is 2.77 bits per heavy atom. The molecule has 1 saturated heterocycles. The first-order valence-electron chi connectivity index (χ1n) is 8.76. The fourth-order valence-electron chi connectivity index (χ4n) is 3.15. The minimum absolute atomic E-state index is 0.00814. The maximum Gasteiger partial charge on any atom is 0.322 e. The molecule has 1 saturated carbocycles. The fraction of sp³-hybridized carbons (Fsp3) is 0.421. The number of aromatic nitrogens is 2. The molecule has 6 nitrogen and oxygen atoms in total. The molecule has 2 fully saturated rings. The summed E-state index contributed by atoms with van der Waals surface area (Å²) in [6.07, 6.45) is 5.59. The van der Waals surface area contributed by atoms with Crippen LogP contribution in [0.4, 0.5) is 0 Å². The molecule has 2 aliphatic rings. The van der Waals surface area contributed by atoms with Gasteiger partial charge in [0.1, 0.15) is 18.1 Å². The van der Waals surface area contributed by atoms with E-state index in [1.54, 1.807) is 6.33 Å². The Hall–Kier alpha value is -2.18. The third-order valence-corrected chi connectivity index (χ3v) is 5.02. The van der Waals surface area contributed by atoms with Gasteiger partial charge in [-0.05, 0) is 49.9 Å². The van der Waals surface area contributed by atoms with Crippen molar-refractivity contribution in [3.05, 3.63) is 41.3 Å². The van der Waals surface area contributed by atoms with Crippen molar-refractivity contribution < 1.29 is 14.3 Å². The van der Waals surface area contributed by atoms with Gasteiger partial charge in [-0.15, -0.1) is 0 Å². The summed E-state index contributed by atoms with van der Waals surface area (Å²) in [4.78, 5) is 20.4. The Morgan fingerprint density at radius 1 is 1.19 bits per heavy atom. The van der Waals surface area contributed by atoms with E-state index in [1.165, 1.54) is 7.11 Å². The Kier molecular flexibility index (Phi) is 4.78. The molecular weight excluding hydrogens is 354 g/mol. The number of halogens is 1. The average molecular weight is 374 g/mol. The van der Waals surface area contributed by atoms with Crippen molar-refractivity contribution >= 4 is 17.6 Å². The normalized spacial score (nSPS) is 22.2. The fourth-order valence-corrected chi connectivity index (χ4v) is 3.37. The van der Waals surface area contributed by atoms with Crippen molar-refractivity contribution in [1.29, 1.82) is 0 Å². The summed E-state index contributed by atoms with van der Waals surface area (Å²) in [5, 5.41) is 3.86. The zero-order valence-corrected chi connectivity index (χ0v) is 15.2. The van der Waals surface area contributed by atoms with Gasteiger partial charge in [-0.2, -0.15) is 0 Å². The zero-order chi connectivity index (χ0) is 18.1. The largest absolute Gasteiger partial charge is 0.489 e. The predicted molar refractivity (Wildman–Crippen MR) is 97.0 cm³/mol. The van der Waals surface area contributed by atoms with Crippen molar-refractivity contribution in [2.24, 2.45) is 0 Å². The summed E-state index contributed by atoms with van der Waals surface area (Å²) in [6.45, 7) is 0. The highest BCUT2D eigenvalue weighted by Crippen LogP contribution is 2.35. The molecule has 26 heavy (non-hydrogen) atoms. The minimum atomic E-state index is -0.281. The van der Waals surface area contributed by atoms with Gasteiger partial charge >= 0.3 is 5.97 Å². The van der Waals surface area contributed by atoms with E-state index in [4.69, 9.17) is 21.1 Å². The van der Waals surface area contributed by atoms with Crippen LogP contribution in [0.25, 0.3) is 11.3 Å². The number of nitrogens with one attached hydrogen (secondary N) is 1. The van der Waals surface area contributed by atoms with Gasteiger partial charge < -0.3 is 9.47 Å². The number of ether oxygens (including phenoxy) is 2. The molecule has 2 aromatic rings. The van der Waals surface area contributed by atoms with Crippen molar-refractivity contribution in [2.45, 2.75) is 43.9 Å². The predicted octanol–water partition coefficient (Wildman–Crippen LogP) is 3.30. The smallest absolute Gasteiger partial charge is 0.322 e. The summed E-state index contributed by atoms with van der Waals surface area (Å²) in [6, 6.07) is 7.37. The van der Waals surface area contributed by atoms with Crippen LogP contribution in [0, 0.1) is 0 Å². The van der Waals surface area contributed by atoms with Gasteiger partial charge in [0, 0.05) is 5.56 Å². The molecule has 4 rings (SSSR count).